The molecule has 0 aliphatic carbocycles. The maximum absolute atomic E-state index is 12.6. The van der Waals surface area contributed by atoms with Crippen molar-refractivity contribution in [1.82, 2.24) is 4.98 Å². The normalized spacial score (nSPS) is 12.3. The zero-order valence-electron chi connectivity index (χ0n) is 14.6. The highest BCUT2D eigenvalue weighted by molar-refractivity contribution is 6.05. The number of anilines is 1. The SMILES string of the molecule is O=C(Nc1cccnc1OCc1ccccc1)c1ccc2c(c1)OCCO2. The van der Waals surface area contributed by atoms with Crippen molar-refractivity contribution in [3.8, 4) is 17.4 Å². The molecular formula is C21H18N2O4. The quantitative estimate of drug-likeness (QED) is 0.750. The molecule has 136 valence electrons. The van der Waals surface area contributed by atoms with Crippen LogP contribution in [0.2, 0.25) is 0 Å². The molecule has 6 nitrogen and oxygen atoms in total. The van der Waals surface area contributed by atoms with Crippen molar-refractivity contribution < 1.29 is 19.0 Å². The largest absolute Gasteiger partial charge is 0.486 e. The van der Waals surface area contributed by atoms with Gasteiger partial charge in [0.2, 0.25) is 5.88 Å². The van der Waals surface area contributed by atoms with Crippen LogP contribution in [0.5, 0.6) is 17.4 Å². The highest BCUT2D eigenvalue weighted by Crippen LogP contribution is 2.31. The maximum atomic E-state index is 12.6. The van der Waals surface area contributed by atoms with Crippen LogP contribution >= 0.6 is 0 Å². The molecule has 4 rings (SSSR count). The number of pyridine rings is 1. The van der Waals surface area contributed by atoms with Gasteiger partial charge < -0.3 is 19.5 Å². The second-order valence-corrected chi connectivity index (χ2v) is 5.94. The lowest BCUT2D eigenvalue weighted by Gasteiger charge is -2.18. The third-order valence-electron chi connectivity index (χ3n) is 4.04. The Morgan fingerprint density at radius 2 is 1.81 bits per heavy atom. The number of carbonyl (C=O) groups excluding carboxylic acids is 1. The topological polar surface area (TPSA) is 69.7 Å². The molecule has 0 bridgehead atoms. The molecule has 2 heterocycles. The van der Waals surface area contributed by atoms with Crippen molar-refractivity contribution in [2.45, 2.75) is 6.61 Å². The fourth-order valence-electron chi connectivity index (χ4n) is 2.71. The molecule has 0 spiro atoms. The van der Waals surface area contributed by atoms with Gasteiger partial charge in [-0.2, -0.15) is 0 Å². The Bertz CT molecular complexity index is 944. The van der Waals surface area contributed by atoms with E-state index < -0.39 is 0 Å². The number of benzene rings is 2. The van der Waals surface area contributed by atoms with Gasteiger partial charge in [0.1, 0.15) is 25.5 Å². The molecule has 0 saturated heterocycles. The Balaban J connectivity index is 1.48. The van der Waals surface area contributed by atoms with Crippen LogP contribution in [0.15, 0.2) is 66.9 Å². The van der Waals surface area contributed by atoms with E-state index in [1.807, 2.05) is 30.3 Å². The molecule has 6 heteroatoms. The highest BCUT2D eigenvalue weighted by atomic mass is 16.6. The van der Waals surface area contributed by atoms with Crippen molar-refractivity contribution >= 4 is 11.6 Å². The third-order valence-corrected chi connectivity index (χ3v) is 4.04. The van der Waals surface area contributed by atoms with Crippen molar-refractivity contribution in [1.29, 1.82) is 0 Å². The van der Waals surface area contributed by atoms with Crippen LogP contribution < -0.4 is 19.5 Å². The average molecular weight is 362 g/mol. The molecule has 2 aromatic carbocycles. The summed E-state index contributed by atoms with van der Waals surface area (Å²) in [4.78, 5) is 16.9. The summed E-state index contributed by atoms with van der Waals surface area (Å²) < 4.78 is 16.8. The monoisotopic (exact) mass is 362 g/mol. The van der Waals surface area contributed by atoms with Gasteiger partial charge >= 0.3 is 0 Å². The van der Waals surface area contributed by atoms with Gasteiger partial charge in [-0.25, -0.2) is 4.98 Å². The van der Waals surface area contributed by atoms with E-state index in [0.717, 1.165) is 5.56 Å². The van der Waals surface area contributed by atoms with E-state index in [1.54, 1.807) is 36.5 Å². The zero-order chi connectivity index (χ0) is 18.5. The van der Waals surface area contributed by atoms with Crippen LogP contribution in [-0.4, -0.2) is 24.1 Å². The van der Waals surface area contributed by atoms with E-state index in [0.29, 0.717) is 48.5 Å². The van der Waals surface area contributed by atoms with E-state index >= 15 is 0 Å². The number of nitrogens with one attached hydrogen (secondary N) is 1. The number of nitrogens with zero attached hydrogens (tertiary/aromatic N) is 1. The van der Waals surface area contributed by atoms with Crippen LogP contribution in [0, 0.1) is 0 Å². The molecule has 3 aromatic rings. The summed E-state index contributed by atoms with van der Waals surface area (Å²) in [5.74, 6) is 1.31. The van der Waals surface area contributed by atoms with Crippen molar-refractivity contribution in [3.05, 3.63) is 78.0 Å². The molecule has 0 fully saturated rings. The van der Waals surface area contributed by atoms with Crippen molar-refractivity contribution in [3.63, 3.8) is 0 Å². The molecule has 1 aliphatic heterocycles. The van der Waals surface area contributed by atoms with Crippen LogP contribution in [0.25, 0.3) is 0 Å². The Hall–Kier alpha value is -3.54. The standard InChI is InChI=1S/C21H18N2O4/c24-20(16-8-9-18-19(13-16)26-12-11-25-18)23-17-7-4-10-22-21(17)27-14-15-5-2-1-3-6-15/h1-10,13H,11-12,14H2,(H,23,24). The first-order chi connectivity index (χ1) is 13.3. The average Bonchev–Trinajstić information content (AvgIpc) is 2.73. The molecule has 1 aromatic heterocycles. The van der Waals surface area contributed by atoms with E-state index in [-0.39, 0.29) is 5.91 Å². The van der Waals surface area contributed by atoms with Gasteiger partial charge in [0.15, 0.2) is 11.5 Å². The molecule has 0 atom stereocenters. The Kier molecular flexibility index (Phi) is 4.87. The smallest absolute Gasteiger partial charge is 0.255 e. The number of amides is 1. The Morgan fingerprint density at radius 3 is 2.67 bits per heavy atom. The predicted octanol–water partition coefficient (Wildman–Crippen LogP) is 3.68. The van der Waals surface area contributed by atoms with E-state index in [4.69, 9.17) is 14.2 Å². The lowest BCUT2D eigenvalue weighted by Crippen LogP contribution is -2.17. The van der Waals surface area contributed by atoms with Crippen LogP contribution in [-0.2, 0) is 6.61 Å². The number of carbonyl (C=O) groups is 1. The number of fused-ring (bicyclic) bond motifs is 1. The molecule has 1 aliphatic rings. The van der Waals surface area contributed by atoms with Gasteiger partial charge in [-0.15, -0.1) is 0 Å². The van der Waals surface area contributed by atoms with E-state index in [2.05, 4.69) is 10.3 Å². The maximum Gasteiger partial charge on any atom is 0.255 e. The Labute approximate surface area is 156 Å². The van der Waals surface area contributed by atoms with Gasteiger partial charge in [-0.1, -0.05) is 30.3 Å². The predicted molar refractivity (Wildman–Crippen MR) is 100 cm³/mol. The first-order valence-electron chi connectivity index (χ1n) is 8.62. The summed E-state index contributed by atoms with van der Waals surface area (Å²) >= 11 is 0. The highest BCUT2D eigenvalue weighted by Gasteiger charge is 2.16. The van der Waals surface area contributed by atoms with Gasteiger partial charge in [0, 0.05) is 11.8 Å². The third kappa shape index (κ3) is 4.00. The number of ether oxygens (including phenoxy) is 3. The molecule has 0 saturated carbocycles. The van der Waals surface area contributed by atoms with Gasteiger partial charge in [0.25, 0.3) is 5.91 Å². The minimum absolute atomic E-state index is 0.274. The fraction of sp³-hybridized carbons (Fsp3) is 0.143. The minimum atomic E-state index is -0.274. The second-order valence-electron chi connectivity index (χ2n) is 5.94. The molecule has 1 amide bonds. The molecule has 27 heavy (non-hydrogen) atoms. The summed E-state index contributed by atoms with van der Waals surface area (Å²) in [7, 11) is 0. The van der Waals surface area contributed by atoms with Crippen LogP contribution in [0.3, 0.4) is 0 Å². The Morgan fingerprint density at radius 1 is 1.00 bits per heavy atom. The molecule has 0 radical (unpaired) electrons. The van der Waals surface area contributed by atoms with Gasteiger partial charge in [-0.05, 0) is 35.9 Å². The first-order valence-corrected chi connectivity index (χ1v) is 8.62. The molecular weight excluding hydrogens is 344 g/mol. The lowest BCUT2D eigenvalue weighted by atomic mass is 10.1. The number of hydrogen-bond donors (Lipinski definition) is 1. The number of rotatable bonds is 5. The van der Waals surface area contributed by atoms with Crippen molar-refractivity contribution in [2.75, 3.05) is 18.5 Å². The van der Waals surface area contributed by atoms with Gasteiger partial charge in [0.05, 0.1) is 0 Å². The fourth-order valence-corrected chi connectivity index (χ4v) is 2.71. The first kappa shape index (κ1) is 16.9. The van der Waals surface area contributed by atoms with Crippen LogP contribution in [0.4, 0.5) is 5.69 Å². The lowest BCUT2D eigenvalue weighted by molar-refractivity contribution is 0.102. The molecule has 1 N–H and O–H groups in total. The number of hydrogen-bond acceptors (Lipinski definition) is 5. The minimum Gasteiger partial charge on any atom is -0.486 e. The van der Waals surface area contributed by atoms with Crippen molar-refractivity contribution in [2.24, 2.45) is 0 Å². The van der Waals surface area contributed by atoms with E-state index in [1.165, 1.54) is 0 Å². The van der Waals surface area contributed by atoms with Crippen LogP contribution in [0.1, 0.15) is 15.9 Å². The summed E-state index contributed by atoms with van der Waals surface area (Å²) in [5.41, 5.74) is 2.00. The second kappa shape index (κ2) is 7.78. The summed E-state index contributed by atoms with van der Waals surface area (Å²) in [6.45, 7) is 1.35. The summed E-state index contributed by atoms with van der Waals surface area (Å²) in [6, 6.07) is 18.4. The molecule has 0 unspecified atom stereocenters. The number of aromatic nitrogens is 1. The summed E-state index contributed by atoms with van der Waals surface area (Å²) in [5, 5.41) is 2.85. The van der Waals surface area contributed by atoms with Gasteiger partial charge in [-0.3, -0.25) is 4.79 Å². The van der Waals surface area contributed by atoms with E-state index in [9.17, 15) is 4.79 Å². The zero-order valence-corrected chi connectivity index (χ0v) is 14.6. The summed E-state index contributed by atoms with van der Waals surface area (Å²) in [6.07, 6.45) is 1.63.